The van der Waals surface area contributed by atoms with Crippen LogP contribution >= 0.6 is 22.9 Å². The number of hydrogen-bond acceptors (Lipinski definition) is 12. The zero-order valence-corrected chi connectivity index (χ0v) is 42.7. The number of aromatic nitrogens is 8. The van der Waals surface area contributed by atoms with Gasteiger partial charge in [0.1, 0.15) is 40.9 Å². The second-order valence-electron chi connectivity index (χ2n) is 19.5. The molecule has 5 atom stereocenters. The Hall–Kier alpha value is -7.02. The summed E-state index contributed by atoms with van der Waals surface area (Å²) in [5, 5.41) is 32.3. The molecule has 19 heteroatoms. The second-order valence-corrected chi connectivity index (χ2v) is 21.1. The highest BCUT2D eigenvalue weighted by molar-refractivity contribution is 7.15. The van der Waals surface area contributed by atoms with Gasteiger partial charge in [-0.05, 0) is 68.5 Å². The number of aliphatic hydroxyl groups is 1. The zero-order valence-electron chi connectivity index (χ0n) is 41.2. The number of nitrogens with one attached hydrogen (secondary N) is 2. The van der Waals surface area contributed by atoms with Crippen LogP contribution in [0.3, 0.4) is 0 Å². The standard InChI is InChI=1S/C53H57ClN12O5S/c1-28(2)48(52(70)64-27-40(67)23-43(64)51(69)58-30(4)33-8-10-35(11-9-33)49-56-18-19-63(49)7)65-26-37(25-57-65)36-16-17-55-45(20-36)71-41-21-39(22-41)59-44(68)24-42-50-62-61-32(6)66(50)53-46(29(3)31(5)72-53)47(60-42)34-12-14-38(54)15-13-34/h8-20,25-26,28,30,39-43,48,67H,21-24,27H2,1-7H3,(H,58,69)(H,59,68)/t30-,39?,40+,41?,42-,43-,48+/m0/s1. The summed E-state index contributed by atoms with van der Waals surface area (Å²) >= 11 is 7.95. The van der Waals surface area contributed by atoms with Crippen LogP contribution in [-0.4, -0.2) is 103 Å². The number of amides is 3. The summed E-state index contributed by atoms with van der Waals surface area (Å²) in [4.78, 5) is 58.8. The van der Waals surface area contributed by atoms with E-state index in [2.05, 4.69) is 49.7 Å². The molecule has 1 aliphatic carbocycles. The topological polar surface area (TPSA) is 200 Å². The van der Waals surface area contributed by atoms with Crippen LogP contribution in [0.4, 0.5) is 0 Å². The van der Waals surface area contributed by atoms with Gasteiger partial charge in [-0.2, -0.15) is 5.10 Å². The van der Waals surface area contributed by atoms with Gasteiger partial charge < -0.3 is 29.9 Å². The maximum Gasteiger partial charge on any atom is 0.248 e. The van der Waals surface area contributed by atoms with Gasteiger partial charge in [0, 0.05) is 102 Å². The van der Waals surface area contributed by atoms with Crippen LogP contribution in [0, 0.1) is 26.7 Å². The summed E-state index contributed by atoms with van der Waals surface area (Å²) in [6, 6.07) is 16.6. The number of aliphatic imine (C=N–C) groups is 1. The number of aryl methyl sites for hydroxylation is 3. The number of pyridine rings is 1. The maximum atomic E-state index is 14.4. The number of aliphatic hydroxyl groups excluding tert-OH is 1. The van der Waals surface area contributed by atoms with Crippen molar-refractivity contribution in [3.05, 3.63) is 135 Å². The first kappa shape index (κ1) is 48.6. The van der Waals surface area contributed by atoms with Crippen LogP contribution in [0.5, 0.6) is 5.88 Å². The normalized spacial score (nSPS) is 20.2. The van der Waals surface area contributed by atoms with Crippen LogP contribution in [0.1, 0.15) is 103 Å². The Morgan fingerprint density at radius 1 is 0.917 bits per heavy atom. The molecule has 10 rings (SSSR count). The predicted octanol–water partition coefficient (Wildman–Crippen LogP) is 7.61. The maximum absolute atomic E-state index is 14.4. The average molecular weight is 1010 g/mol. The molecule has 1 saturated carbocycles. The number of halogens is 1. The van der Waals surface area contributed by atoms with Crippen LogP contribution in [-0.2, 0) is 21.4 Å². The van der Waals surface area contributed by atoms with Gasteiger partial charge in [-0.15, -0.1) is 21.5 Å². The number of thiophene rings is 1. The van der Waals surface area contributed by atoms with Crippen molar-refractivity contribution < 1.29 is 24.2 Å². The Bertz CT molecular complexity index is 3190. The Morgan fingerprint density at radius 2 is 1.67 bits per heavy atom. The molecular formula is C53H57ClN12O5S. The Labute approximate surface area is 426 Å². The van der Waals surface area contributed by atoms with Crippen molar-refractivity contribution in [3.8, 4) is 33.4 Å². The molecule has 2 aliphatic heterocycles. The molecule has 0 bridgehead atoms. The summed E-state index contributed by atoms with van der Waals surface area (Å²) in [5.74, 6) is 1.67. The molecule has 7 aromatic rings. The summed E-state index contributed by atoms with van der Waals surface area (Å²) < 4.78 is 11.9. The van der Waals surface area contributed by atoms with Gasteiger partial charge in [-0.3, -0.25) is 28.6 Å². The number of β-amino-alcohol motifs (C(OH)–C–C–N with tert-alkyl or cyclic N) is 1. The van der Waals surface area contributed by atoms with Gasteiger partial charge in [-0.25, -0.2) is 9.97 Å². The number of benzene rings is 2. The minimum atomic E-state index is -0.849. The van der Waals surface area contributed by atoms with Crippen molar-refractivity contribution in [2.45, 2.75) is 110 Å². The number of nitrogens with zero attached hydrogens (tertiary/aromatic N) is 10. The van der Waals surface area contributed by atoms with E-state index in [1.54, 1.807) is 34.6 Å². The molecule has 0 unspecified atom stereocenters. The van der Waals surface area contributed by atoms with Crippen LogP contribution in [0.15, 0.2) is 96.6 Å². The third kappa shape index (κ3) is 9.57. The van der Waals surface area contributed by atoms with Crippen molar-refractivity contribution >= 4 is 46.4 Å². The third-order valence-electron chi connectivity index (χ3n) is 14.0. The molecule has 2 fully saturated rings. The van der Waals surface area contributed by atoms with Gasteiger partial charge in [0.25, 0.3) is 0 Å². The van der Waals surface area contributed by atoms with E-state index >= 15 is 0 Å². The molecule has 372 valence electrons. The van der Waals surface area contributed by atoms with E-state index < -0.39 is 24.2 Å². The van der Waals surface area contributed by atoms with E-state index in [9.17, 15) is 19.5 Å². The number of fused-ring (bicyclic) bond motifs is 3. The van der Waals surface area contributed by atoms with E-state index in [1.807, 2.05) is 117 Å². The lowest BCUT2D eigenvalue weighted by atomic mass is 9.89. The van der Waals surface area contributed by atoms with Gasteiger partial charge in [0.05, 0.1) is 30.5 Å². The monoisotopic (exact) mass is 1010 g/mol. The summed E-state index contributed by atoms with van der Waals surface area (Å²) in [7, 11) is 1.94. The van der Waals surface area contributed by atoms with Crippen molar-refractivity contribution in [2.75, 3.05) is 6.54 Å². The molecule has 7 heterocycles. The van der Waals surface area contributed by atoms with E-state index in [0.29, 0.717) is 29.6 Å². The van der Waals surface area contributed by atoms with Gasteiger partial charge >= 0.3 is 0 Å². The molecular weight excluding hydrogens is 952 g/mol. The van der Waals surface area contributed by atoms with Crippen molar-refractivity contribution in [1.29, 1.82) is 0 Å². The van der Waals surface area contributed by atoms with Gasteiger partial charge in [-0.1, -0.05) is 61.8 Å². The molecule has 1 saturated heterocycles. The Morgan fingerprint density at radius 3 is 2.39 bits per heavy atom. The number of rotatable bonds is 14. The summed E-state index contributed by atoms with van der Waals surface area (Å²) in [6.45, 7) is 11.9. The molecule has 3 aliphatic rings. The molecule has 2 aromatic carbocycles. The molecule has 3 N–H and O–H groups in total. The molecule has 17 nitrogen and oxygen atoms in total. The molecule has 72 heavy (non-hydrogen) atoms. The molecule has 5 aromatic heterocycles. The molecule has 0 spiro atoms. The highest BCUT2D eigenvalue weighted by Crippen LogP contribution is 2.40. The van der Waals surface area contributed by atoms with E-state index in [1.165, 1.54) is 9.78 Å². The van der Waals surface area contributed by atoms with Crippen LogP contribution in [0.25, 0.3) is 27.5 Å². The largest absolute Gasteiger partial charge is 0.474 e. The Kier molecular flexibility index (Phi) is 13.4. The van der Waals surface area contributed by atoms with Crippen molar-refractivity contribution in [1.82, 2.24) is 54.6 Å². The minimum absolute atomic E-state index is 0.0402. The third-order valence-corrected chi connectivity index (χ3v) is 15.5. The number of imidazole rings is 1. The van der Waals surface area contributed by atoms with Crippen molar-refractivity contribution in [2.24, 2.45) is 18.0 Å². The molecule has 0 radical (unpaired) electrons. The highest BCUT2D eigenvalue weighted by atomic mass is 35.5. The predicted molar refractivity (Wildman–Crippen MR) is 274 cm³/mol. The zero-order chi connectivity index (χ0) is 50.5. The van der Waals surface area contributed by atoms with E-state index in [4.69, 9.17) is 21.3 Å². The minimum Gasteiger partial charge on any atom is -0.474 e. The van der Waals surface area contributed by atoms with E-state index in [0.717, 1.165) is 61.3 Å². The highest BCUT2D eigenvalue weighted by Gasteiger charge is 2.43. The molecule has 3 amide bonds. The lowest BCUT2D eigenvalue weighted by molar-refractivity contribution is -0.142. The number of hydrogen-bond donors (Lipinski definition) is 3. The number of carbonyl (C=O) groups is 3. The average Bonchev–Trinajstić information content (AvgIpc) is 4.19. The van der Waals surface area contributed by atoms with E-state index in [-0.39, 0.29) is 61.2 Å². The SMILES string of the molecule is Cc1sc2c(c1C)C(c1ccc(Cl)cc1)=N[C@@H](CC(=O)NC1CC(Oc3cc(-c4cnn([C@@H](C(=O)N5C[C@H](O)C[C@H]5C(=O)N[C@@H](C)c5ccc(-c6nccn6C)cc5)C(C)C)c4)ccn3)C1)c1nnc(C)n1-2. The number of likely N-dealkylation sites (tertiary alicyclic amines) is 1. The van der Waals surface area contributed by atoms with Crippen molar-refractivity contribution in [3.63, 3.8) is 0 Å². The fourth-order valence-electron chi connectivity index (χ4n) is 9.98. The van der Waals surface area contributed by atoms with Gasteiger partial charge in [0.2, 0.25) is 23.6 Å². The van der Waals surface area contributed by atoms with Crippen LogP contribution < -0.4 is 15.4 Å². The Balaban J connectivity index is 0.762. The fraction of sp³-hybridized carbons (Fsp3) is 0.377. The first-order chi connectivity index (χ1) is 34.6. The first-order valence-electron chi connectivity index (χ1n) is 24.3. The lowest BCUT2D eigenvalue weighted by Crippen LogP contribution is -2.49. The first-order valence-corrected chi connectivity index (χ1v) is 25.5. The summed E-state index contributed by atoms with van der Waals surface area (Å²) in [5.41, 5.74) is 7.25. The van der Waals surface area contributed by atoms with Gasteiger partial charge in [0.15, 0.2) is 5.82 Å². The summed E-state index contributed by atoms with van der Waals surface area (Å²) in [6.07, 6.45) is 9.24. The second kappa shape index (κ2) is 19.9. The quantitative estimate of drug-likeness (QED) is 0.0975. The number of carbonyl (C=O) groups excluding carboxylic acids is 3. The fourth-order valence-corrected chi connectivity index (χ4v) is 11.3. The smallest absolute Gasteiger partial charge is 0.248 e. The lowest BCUT2D eigenvalue weighted by Gasteiger charge is -2.35. The number of ether oxygens (including phenoxy) is 1. The van der Waals surface area contributed by atoms with Crippen LogP contribution in [0.2, 0.25) is 5.02 Å².